The second kappa shape index (κ2) is 1.91. The van der Waals surface area contributed by atoms with Gasteiger partial charge in [-0.25, -0.2) is 4.98 Å². The highest BCUT2D eigenvalue weighted by Gasteiger charge is 2.03. The summed E-state index contributed by atoms with van der Waals surface area (Å²) in [6.45, 7) is 0. The number of rotatable bonds is 1. The Bertz CT molecular complexity index is 375. The summed E-state index contributed by atoms with van der Waals surface area (Å²) in [6, 6.07) is 0. The molecule has 2 N–H and O–H groups in total. The smallest absolute Gasteiger partial charge is 0.206 e. The molecule has 2 rings (SSSR count). The Labute approximate surface area is 63.0 Å². The molecule has 0 radical (unpaired) electrons. The molecule has 0 saturated heterocycles. The molecule has 0 saturated carbocycles. The number of imidazole rings is 2. The predicted molar refractivity (Wildman–Crippen MR) is 40.1 cm³/mol. The molecule has 5 heteroatoms. The Morgan fingerprint density at radius 3 is 3.09 bits per heavy atom. The van der Waals surface area contributed by atoms with E-state index in [1.807, 2.05) is 0 Å². The first-order chi connectivity index (χ1) is 5.33. The molecule has 2 heterocycles. The first-order valence-corrected chi connectivity index (χ1v) is 3.17. The molecule has 0 aliphatic rings. The van der Waals surface area contributed by atoms with E-state index in [2.05, 4.69) is 4.98 Å². The van der Waals surface area contributed by atoms with E-state index in [0.717, 1.165) is 5.65 Å². The van der Waals surface area contributed by atoms with E-state index in [4.69, 9.17) is 10.6 Å². The number of hydrogen-bond donors (Lipinski definition) is 1. The fraction of sp³-hybridized carbons (Fsp3) is 0.167. The zero-order chi connectivity index (χ0) is 7.84. The van der Waals surface area contributed by atoms with Crippen LogP contribution in [0.4, 0.5) is 5.95 Å². The zero-order valence-corrected chi connectivity index (χ0v) is 6.06. The third kappa shape index (κ3) is 0.674. The van der Waals surface area contributed by atoms with Crippen LogP contribution in [0.15, 0.2) is 18.6 Å². The topological polar surface area (TPSA) is 57.5 Å². The molecule has 2 aromatic heterocycles. The van der Waals surface area contributed by atoms with Crippen molar-refractivity contribution in [2.45, 2.75) is 0 Å². The molecule has 58 valence electrons. The van der Waals surface area contributed by atoms with Gasteiger partial charge in [-0.05, 0) is 0 Å². The Morgan fingerprint density at radius 1 is 1.55 bits per heavy atom. The van der Waals surface area contributed by atoms with Crippen molar-refractivity contribution in [3.63, 3.8) is 0 Å². The van der Waals surface area contributed by atoms with Crippen LogP contribution in [-0.2, 0) is 0 Å². The fourth-order valence-electron chi connectivity index (χ4n) is 1.04. The second-order valence-electron chi connectivity index (χ2n) is 2.15. The van der Waals surface area contributed by atoms with Gasteiger partial charge in [0.25, 0.3) is 0 Å². The Morgan fingerprint density at radius 2 is 2.36 bits per heavy atom. The highest BCUT2D eigenvalue weighted by Crippen LogP contribution is 2.07. The van der Waals surface area contributed by atoms with Gasteiger partial charge in [-0.2, -0.15) is 4.73 Å². The van der Waals surface area contributed by atoms with Gasteiger partial charge in [-0.15, -0.1) is 0 Å². The lowest BCUT2D eigenvalue weighted by Gasteiger charge is -1.96. The van der Waals surface area contributed by atoms with Gasteiger partial charge in [0.1, 0.15) is 7.11 Å². The van der Waals surface area contributed by atoms with Gasteiger partial charge in [0, 0.05) is 6.20 Å². The minimum atomic E-state index is 0.468. The largest absolute Gasteiger partial charge is 0.416 e. The number of nitrogens with zero attached hydrogens (tertiary/aromatic N) is 3. The van der Waals surface area contributed by atoms with Crippen molar-refractivity contribution in [1.82, 2.24) is 14.1 Å². The van der Waals surface area contributed by atoms with Crippen LogP contribution in [0.25, 0.3) is 5.65 Å². The fourth-order valence-corrected chi connectivity index (χ4v) is 1.04. The maximum atomic E-state index is 5.53. The van der Waals surface area contributed by atoms with Crippen LogP contribution < -0.4 is 10.6 Å². The molecular weight excluding hydrogens is 144 g/mol. The van der Waals surface area contributed by atoms with Gasteiger partial charge in [-0.1, -0.05) is 0 Å². The maximum absolute atomic E-state index is 5.53. The molecule has 0 spiro atoms. The van der Waals surface area contributed by atoms with Gasteiger partial charge >= 0.3 is 0 Å². The van der Waals surface area contributed by atoms with Gasteiger partial charge in [0.2, 0.25) is 5.95 Å². The monoisotopic (exact) mass is 152 g/mol. The highest BCUT2D eigenvalue weighted by molar-refractivity contribution is 5.44. The molecule has 5 nitrogen and oxygen atoms in total. The lowest BCUT2D eigenvalue weighted by atomic mass is 10.8. The lowest BCUT2D eigenvalue weighted by molar-refractivity contribution is 0.178. The summed E-state index contributed by atoms with van der Waals surface area (Å²) in [5, 5.41) is 0. The Hall–Kier alpha value is -1.65. The van der Waals surface area contributed by atoms with Gasteiger partial charge < -0.3 is 10.6 Å². The van der Waals surface area contributed by atoms with E-state index >= 15 is 0 Å². The van der Waals surface area contributed by atoms with E-state index in [1.54, 1.807) is 34.8 Å². The molecule has 2 aromatic rings. The zero-order valence-electron chi connectivity index (χ0n) is 6.06. The van der Waals surface area contributed by atoms with Crippen molar-refractivity contribution in [3.05, 3.63) is 18.6 Å². The normalized spacial score (nSPS) is 10.6. The number of hydrogen-bond acceptors (Lipinski definition) is 3. The van der Waals surface area contributed by atoms with Crippen molar-refractivity contribution in [2.75, 3.05) is 12.8 Å². The third-order valence-electron chi connectivity index (χ3n) is 1.58. The Balaban J connectivity index is 2.77. The third-order valence-corrected chi connectivity index (χ3v) is 1.58. The number of aromatic nitrogens is 3. The average molecular weight is 152 g/mol. The molecule has 0 aromatic carbocycles. The molecular formula is C6H8N4O. The number of anilines is 1. The summed E-state index contributed by atoms with van der Waals surface area (Å²) in [7, 11) is 1.59. The van der Waals surface area contributed by atoms with Crippen molar-refractivity contribution in [3.8, 4) is 0 Å². The van der Waals surface area contributed by atoms with Gasteiger partial charge in [-0.3, -0.25) is 4.40 Å². The molecule has 0 amide bonds. The number of nitrogens with two attached hydrogens (primary N) is 1. The van der Waals surface area contributed by atoms with Crippen LogP contribution in [0.1, 0.15) is 0 Å². The van der Waals surface area contributed by atoms with Crippen molar-refractivity contribution < 1.29 is 4.84 Å². The maximum Gasteiger partial charge on any atom is 0.206 e. The average Bonchev–Trinajstić information content (AvgIpc) is 2.53. The second-order valence-corrected chi connectivity index (χ2v) is 2.15. The quantitative estimate of drug-likeness (QED) is 0.614. The van der Waals surface area contributed by atoms with Crippen molar-refractivity contribution in [2.24, 2.45) is 0 Å². The first-order valence-electron chi connectivity index (χ1n) is 3.17. The highest BCUT2D eigenvalue weighted by atomic mass is 16.6. The first kappa shape index (κ1) is 6.09. The minimum Gasteiger partial charge on any atom is -0.416 e. The van der Waals surface area contributed by atoms with Crippen LogP contribution in [-0.4, -0.2) is 21.2 Å². The lowest BCUT2D eigenvalue weighted by Crippen LogP contribution is -2.02. The minimum absolute atomic E-state index is 0.468. The van der Waals surface area contributed by atoms with E-state index < -0.39 is 0 Å². The summed E-state index contributed by atoms with van der Waals surface area (Å²) in [6.07, 6.45) is 5.22. The molecule has 0 atom stereocenters. The van der Waals surface area contributed by atoms with E-state index in [9.17, 15) is 0 Å². The molecule has 11 heavy (non-hydrogen) atoms. The van der Waals surface area contributed by atoms with Crippen molar-refractivity contribution >= 4 is 11.6 Å². The molecule has 0 fully saturated rings. The summed E-state index contributed by atoms with van der Waals surface area (Å²) in [5.41, 5.74) is 6.35. The predicted octanol–water partition coefficient (Wildman–Crippen LogP) is -0.224. The summed E-state index contributed by atoms with van der Waals surface area (Å²) >= 11 is 0. The number of nitrogen functional groups attached to an aromatic ring is 1. The summed E-state index contributed by atoms with van der Waals surface area (Å²) < 4.78 is 3.33. The van der Waals surface area contributed by atoms with Gasteiger partial charge in [0.05, 0.1) is 12.4 Å². The number of fused-ring (bicyclic) bond motifs is 1. The molecule has 0 aliphatic carbocycles. The van der Waals surface area contributed by atoms with Gasteiger partial charge in [0.15, 0.2) is 5.65 Å². The standard InChI is InChI=1S/C6H8N4O/c1-11-10-3-2-9-5(10)4-8-6(9)7/h2-4H,1H3,(H2,7,8). The molecule has 0 aliphatic heterocycles. The SMILES string of the molecule is COn1ccn2c(N)ncc12. The summed E-state index contributed by atoms with van der Waals surface area (Å²) in [4.78, 5) is 8.89. The van der Waals surface area contributed by atoms with E-state index in [-0.39, 0.29) is 0 Å². The summed E-state index contributed by atoms with van der Waals surface area (Å²) in [5.74, 6) is 0.468. The van der Waals surface area contributed by atoms with Crippen LogP contribution in [0.5, 0.6) is 0 Å². The van der Waals surface area contributed by atoms with Crippen LogP contribution in [0.2, 0.25) is 0 Å². The van der Waals surface area contributed by atoms with Crippen molar-refractivity contribution in [1.29, 1.82) is 0 Å². The van der Waals surface area contributed by atoms with E-state index in [1.165, 1.54) is 0 Å². The molecule has 0 unspecified atom stereocenters. The molecule has 0 bridgehead atoms. The van der Waals surface area contributed by atoms with Crippen LogP contribution in [0.3, 0.4) is 0 Å². The van der Waals surface area contributed by atoms with Crippen LogP contribution >= 0.6 is 0 Å². The Kier molecular flexibility index (Phi) is 1.06. The van der Waals surface area contributed by atoms with E-state index in [0.29, 0.717) is 5.95 Å². The van der Waals surface area contributed by atoms with Crippen LogP contribution in [0, 0.1) is 0 Å².